The number of hydrogen-bond donors (Lipinski definition) is 1. The quantitative estimate of drug-likeness (QED) is 0.856. The van der Waals surface area contributed by atoms with Crippen LogP contribution in [0.2, 0.25) is 0 Å². The van der Waals surface area contributed by atoms with E-state index in [9.17, 15) is 8.42 Å². The Bertz CT molecular complexity index is 557. The molecule has 1 fully saturated rings. The molecular formula is C15H22BrNO3S. The Kier molecular flexibility index (Phi) is 5.68. The Morgan fingerprint density at radius 1 is 1.19 bits per heavy atom. The molecule has 1 aliphatic rings. The maximum atomic E-state index is 12.1. The van der Waals surface area contributed by atoms with Crippen LogP contribution >= 0.6 is 15.9 Å². The van der Waals surface area contributed by atoms with Gasteiger partial charge in [0.05, 0.1) is 11.3 Å². The molecule has 4 nitrogen and oxygen atoms in total. The average molecular weight is 376 g/mol. The van der Waals surface area contributed by atoms with Gasteiger partial charge in [-0.15, -0.1) is 0 Å². The third kappa shape index (κ3) is 4.69. The third-order valence-electron chi connectivity index (χ3n) is 3.74. The molecule has 6 heteroatoms. The van der Waals surface area contributed by atoms with Gasteiger partial charge in [-0.05, 0) is 57.4 Å². The van der Waals surface area contributed by atoms with Crippen LogP contribution < -0.4 is 9.46 Å². The molecule has 0 radical (unpaired) electrons. The maximum Gasteiger partial charge on any atom is 0.214 e. The van der Waals surface area contributed by atoms with Crippen LogP contribution in [0.3, 0.4) is 0 Å². The van der Waals surface area contributed by atoms with Crippen molar-refractivity contribution in [3.63, 3.8) is 0 Å². The van der Waals surface area contributed by atoms with Gasteiger partial charge in [-0.3, -0.25) is 0 Å². The summed E-state index contributed by atoms with van der Waals surface area (Å²) in [5.41, 5.74) is 0. The summed E-state index contributed by atoms with van der Waals surface area (Å²) >= 11 is 3.39. The number of nitrogens with one attached hydrogen (secondary N) is 1. The van der Waals surface area contributed by atoms with E-state index in [-0.39, 0.29) is 12.1 Å². The molecule has 0 amide bonds. The van der Waals surface area contributed by atoms with Crippen LogP contribution in [0.4, 0.5) is 0 Å². The van der Waals surface area contributed by atoms with E-state index in [4.69, 9.17) is 4.74 Å². The highest BCUT2D eigenvalue weighted by Crippen LogP contribution is 2.25. The zero-order valence-electron chi connectivity index (χ0n) is 12.4. The number of hydrogen-bond acceptors (Lipinski definition) is 3. The average Bonchev–Trinajstić information content (AvgIpc) is 2.43. The van der Waals surface area contributed by atoms with Gasteiger partial charge >= 0.3 is 0 Å². The van der Waals surface area contributed by atoms with Crippen molar-refractivity contribution in [3.8, 4) is 5.75 Å². The first-order chi connectivity index (χ1) is 9.88. The molecule has 118 valence electrons. The van der Waals surface area contributed by atoms with E-state index in [2.05, 4.69) is 20.7 Å². The highest BCUT2D eigenvalue weighted by atomic mass is 79.9. The van der Waals surface area contributed by atoms with Crippen LogP contribution in [0.5, 0.6) is 5.75 Å². The topological polar surface area (TPSA) is 55.4 Å². The lowest BCUT2D eigenvalue weighted by Gasteiger charge is -2.32. The fraction of sp³-hybridized carbons (Fsp3) is 0.600. The molecule has 2 rings (SSSR count). The van der Waals surface area contributed by atoms with Gasteiger partial charge in [0.15, 0.2) is 0 Å². The fourth-order valence-corrected chi connectivity index (χ4v) is 3.64. The van der Waals surface area contributed by atoms with Gasteiger partial charge < -0.3 is 4.74 Å². The summed E-state index contributed by atoms with van der Waals surface area (Å²) in [4.78, 5) is 0. The second kappa shape index (κ2) is 7.11. The predicted molar refractivity (Wildman–Crippen MR) is 88.0 cm³/mol. The summed E-state index contributed by atoms with van der Waals surface area (Å²) < 4.78 is 33.9. The summed E-state index contributed by atoms with van der Waals surface area (Å²) in [6.45, 7) is 3.38. The molecule has 0 spiro atoms. The summed E-state index contributed by atoms with van der Waals surface area (Å²) in [7, 11) is -3.27. The van der Waals surface area contributed by atoms with Crippen LogP contribution in [0.15, 0.2) is 28.7 Å². The van der Waals surface area contributed by atoms with E-state index in [0.717, 1.165) is 35.9 Å². The SMILES string of the molecule is CC(C)S(=O)(=O)NC1CCCC[C@H]1Oc1ccc(Br)cc1. The molecule has 1 aromatic carbocycles. The molecule has 0 saturated heterocycles. The molecule has 1 unspecified atom stereocenters. The second-order valence-corrected chi connectivity index (χ2v) is 8.90. The van der Waals surface area contributed by atoms with Gasteiger partial charge in [0.1, 0.15) is 11.9 Å². The lowest BCUT2D eigenvalue weighted by Crippen LogP contribution is -2.49. The number of rotatable bonds is 5. The smallest absolute Gasteiger partial charge is 0.214 e. The Morgan fingerprint density at radius 3 is 2.43 bits per heavy atom. The van der Waals surface area contributed by atoms with Crippen molar-refractivity contribution in [2.24, 2.45) is 0 Å². The highest BCUT2D eigenvalue weighted by Gasteiger charge is 2.31. The van der Waals surface area contributed by atoms with Gasteiger partial charge in [0, 0.05) is 4.47 Å². The molecule has 0 aliphatic heterocycles. The molecule has 0 aromatic heterocycles. The van der Waals surface area contributed by atoms with Crippen molar-refractivity contribution < 1.29 is 13.2 Å². The van der Waals surface area contributed by atoms with Crippen molar-refractivity contribution in [1.82, 2.24) is 4.72 Å². The van der Waals surface area contributed by atoms with Gasteiger partial charge in [0.25, 0.3) is 0 Å². The first-order valence-corrected chi connectivity index (χ1v) is 9.66. The summed E-state index contributed by atoms with van der Waals surface area (Å²) in [5.74, 6) is 0.777. The van der Waals surface area contributed by atoms with Crippen molar-refractivity contribution in [1.29, 1.82) is 0 Å². The lowest BCUT2D eigenvalue weighted by molar-refractivity contribution is 0.124. The largest absolute Gasteiger partial charge is 0.489 e. The van der Waals surface area contributed by atoms with Crippen molar-refractivity contribution in [2.45, 2.75) is 56.9 Å². The number of ether oxygens (including phenoxy) is 1. The van der Waals surface area contributed by atoms with Crippen LogP contribution in [0.1, 0.15) is 39.5 Å². The molecule has 1 saturated carbocycles. The Balaban J connectivity index is 2.07. The van der Waals surface area contributed by atoms with Crippen LogP contribution in [-0.2, 0) is 10.0 Å². The summed E-state index contributed by atoms with van der Waals surface area (Å²) in [6.07, 6.45) is 3.70. The normalized spacial score (nSPS) is 23.2. The Labute approximate surface area is 135 Å². The van der Waals surface area contributed by atoms with Crippen molar-refractivity contribution in [2.75, 3.05) is 0 Å². The molecule has 2 atom stereocenters. The minimum atomic E-state index is -3.27. The zero-order chi connectivity index (χ0) is 15.5. The zero-order valence-corrected chi connectivity index (χ0v) is 14.8. The monoisotopic (exact) mass is 375 g/mol. The third-order valence-corrected chi connectivity index (χ3v) is 6.14. The van der Waals surface area contributed by atoms with E-state index < -0.39 is 15.3 Å². The Morgan fingerprint density at radius 2 is 1.81 bits per heavy atom. The first kappa shape index (κ1) is 16.8. The van der Waals surface area contributed by atoms with Gasteiger partial charge in [-0.1, -0.05) is 22.4 Å². The standard InChI is InChI=1S/C15H22BrNO3S/c1-11(2)21(18,19)17-14-5-3-4-6-15(14)20-13-9-7-12(16)8-10-13/h7-11,14-15,17H,3-6H2,1-2H3/t14?,15-/m1/s1. The number of halogens is 1. The van der Waals surface area contributed by atoms with Crippen molar-refractivity contribution in [3.05, 3.63) is 28.7 Å². The van der Waals surface area contributed by atoms with Crippen molar-refractivity contribution >= 4 is 26.0 Å². The van der Waals surface area contributed by atoms with Crippen LogP contribution in [-0.4, -0.2) is 25.8 Å². The molecule has 0 heterocycles. The minimum absolute atomic E-state index is 0.103. The summed E-state index contributed by atoms with van der Waals surface area (Å²) in [6, 6.07) is 7.49. The van der Waals surface area contributed by atoms with Crippen LogP contribution in [0, 0.1) is 0 Å². The predicted octanol–water partition coefficient (Wildman–Crippen LogP) is 3.47. The van der Waals surface area contributed by atoms with E-state index in [1.807, 2.05) is 24.3 Å². The lowest BCUT2D eigenvalue weighted by atomic mass is 9.93. The van der Waals surface area contributed by atoms with E-state index in [1.165, 1.54) is 0 Å². The number of benzene rings is 1. The van der Waals surface area contributed by atoms with Gasteiger partial charge in [0.2, 0.25) is 10.0 Å². The molecule has 0 bridgehead atoms. The van der Waals surface area contributed by atoms with E-state index >= 15 is 0 Å². The van der Waals surface area contributed by atoms with E-state index in [0.29, 0.717) is 0 Å². The minimum Gasteiger partial charge on any atom is -0.489 e. The number of sulfonamides is 1. The second-order valence-electron chi connectivity index (χ2n) is 5.71. The van der Waals surface area contributed by atoms with E-state index in [1.54, 1.807) is 13.8 Å². The van der Waals surface area contributed by atoms with Gasteiger partial charge in [-0.2, -0.15) is 0 Å². The highest BCUT2D eigenvalue weighted by molar-refractivity contribution is 9.10. The van der Waals surface area contributed by atoms with Crippen LogP contribution in [0.25, 0.3) is 0 Å². The molecule has 1 aliphatic carbocycles. The summed E-state index contributed by atoms with van der Waals surface area (Å²) in [5, 5.41) is -0.423. The maximum absolute atomic E-state index is 12.1. The Hall–Kier alpha value is -0.590. The fourth-order valence-electron chi connectivity index (χ4n) is 2.41. The molecular weight excluding hydrogens is 354 g/mol. The first-order valence-electron chi connectivity index (χ1n) is 7.32. The molecule has 1 aromatic rings. The molecule has 1 N–H and O–H groups in total. The molecule has 21 heavy (non-hydrogen) atoms. The van der Waals surface area contributed by atoms with Gasteiger partial charge in [-0.25, -0.2) is 13.1 Å².